The Hall–Kier alpha value is -3.18. The van der Waals surface area contributed by atoms with Gasteiger partial charge in [-0.2, -0.15) is 0 Å². The van der Waals surface area contributed by atoms with Crippen LogP contribution < -0.4 is 4.74 Å². The zero-order valence-corrected chi connectivity index (χ0v) is 16.3. The molecule has 7 N–H and O–H groups in total. The molecule has 0 amide bonds. The number of phenols is 4. The van der Waals surface area contributed by atoms with E-state index < -0.39 is 36.5 Å². The molecule has 10 nitrogen and oxygen atoms in total. The van der Waals surface area contributed by atoms with Gasteiger partial charge in [0.2, 0.25) is 6.29 Å². The van der Waals surface area contributed by atoms with E-state index >= 15 is 0 Å². The first-order chi connectivity index (χ1) is 14.7. The number of hydrogen-bond acceptors (Lipinski definition) is 10. The van der Waals surface area contributed by atoms with Gasteiger partial charge in [0.15, 0.2) is 17.3 Å². The van der Waals surface area contributed by atoms with Crippen molar-refractivity contribution in [2.75, 3.05) is 0 Å². The molecule has 1 saturated heterocycles. The van der Waals surface area contributed by atoms with Gasteiger partial charge in [0.25, 0.3) is 0 Å². The third-order valence-electron chi connectivity index (χ3n) is 5.28. The van der Waals surface area contributed by atoms with Crippen molar-refractivity contribution in [3.8, 4) is 28.7 Å². The lowest BCUT2D eigenvalue weighted by atomic mass is 9.99. The quantitative estimate of drug-likeness (QED) is 0.341. The summed E-state index contributed by atoms with van der Waals surface area (Å²) < 4.78 is 17.1. The minimum Gasteiger partial charge on any atom is -0.508 e. The highest BCUT2D eigenvalue weighted by Gasteiger charge is 2.44. The lowest BCUT2D eigenvalue weighted by molar-refractivity contribution is -0.283. The normalized spacial score (nSPS) is 28.1. The largest absolute Gasteiger partial charge is 0.508 e. The lowest BCUT2D eigenvalue weighted by Crippen LogP contribution is -2.57. The molecule has 0 spiro atoms. The summed E-state index contributed by atoms with van der Waals surface area (Å²) in [6.07, 6.45) is -6.66. The molecule has 2 aliphatic heterocycles. The number of fused-ring (bicyclic) bond motifs is 1. The molecule has 0 saturated carbocycles. The Balaban J connectivity index is 1.76. The number of rotatable bonds is 3. The van der Waals surface area contributed by atoms with Crippen LogP contribution in [0, 0.1) is 0 Å². The van der Waals surface area contributed by atoms with E-state index in [-0.39, 0.29) is 46.5 Å². The third kappa shape index (κ3) is 3.81. The summed E-state index contributed by atoms with van der Waals surface area (Å²) in [4.78, 5) is 0. The van der Waals surface area contributed by atoms with Crippen LogP contribution >= 0.6 is 0 Å². The number of aliphatic hydroxyl groups is 3. The molecule has 166 valence electrons. The first-order valence-electron chi connectivity index (χ1n) is 9.50. The minimum atomic E-state index is -1.58. The Morgan fingerprint density at radius 3 is 2.32 bits per heavy atom. The minimum absolute atomic E-state index is 0.0436. The number of allylic oxidation sites excluding steroid dienone is 1. The Morgan fingerprint density at radius 1 is 0.871 bits per heavy atom. The monoisotopic (exact) mass is 434 g/mol. The molecule has 2 aliphatic rings. The van der Waals surface area contributed by atoms with E-state index in [0.717, 1.165) is 6.07 Å². The summed E-state index contributed by atoms with van der Waals surface area (Å²) in [7, 11) is 0. The SMILES string of the molecule is CC1OC(OC2=C(c3ccc(O)c(O)c3)Oc3cc(O)cc(O)c3C2)C(O)C(O)C1O. The molecule has 1 fully saturated rings. The van der Waals surface area contributed by atoms with Crippen molar-refractivity contribution in [3.05, 3.63) is 47.2 Å². The number of aromatic hydroxyl groups is 4. The molecule has 5 unspecified atom stereocenters. The van der Waals surface area contributed by atoms with Crippen LogP contribution in [0.1, 0.15) is 18.1 Å². The van der Waals surface area contributed by atoms with Crippen LogP contribution in [0.3, 0.4) is 0 Å². The van der Waals surface area contributed by atoms with Crippen LogP contribution in [-0.2, 0) is 15.9 Å². The summed E-state index contributed by atoms with van der Waals surface area (Å²) in [6.45, 7) is 1.50. The zero-order chi connectivity index (χ0) is 22.4. The van der Waals surface area contributed by atoms with E-state index in [1.807, 2.05) is 0 Å². The summed E-state index contributed by atoms with van der Waals surface area (Å²) in [6, 6.07) is 6.33. The van der Waals surface area contributed by atoms with Crippen molar-refractivity contribution >= 4 is 5.76 Å². The highest BCUT2D eigenvalue weighted by molar-refractivity contribution is 5.71. The van der Waals surface area contributed by atoms with Gasteiger partial charge in [-0.05, 0) is 25.1 Å². The Bertz CT molecular complexity index is 1030. The summed E-state index contributed by atoms with van der Waals surface area (Å²) in [5, 5.41) is 69.8. The maximum absolute atomic E-state index is 10.3. The van der Waals surface area contributed by atoms with Gasteiger partial charge in [0.05, 0.1) is 6.10 Å². The molecule has 0 bridgehead atoms. The maximum atomic E-state index is 10.3. The molecule has 10 heteroatoms. The number of phenolic OH excluding ortho intramolecular Hbond substituents is 4. The topological polar surface area (TPSA) is 169 Å². The highest BCUT2D eigenvalue weighted by Crippen LogP contribution is 2.43. The van der Waals surface area contributed by atoms with Crippen LogP contribution in [0.4, 0.5) is 0 Å². The summed E-state index contributed by atoms with van der Waals surface area (Å²) in [5.74, 6) is -0.964. The molecule has 31 heavy (non-hydrogen) atoms. The fourth-order valence-corrected chi connectivity index (χ4v) is 3.52. The van der Waals surface area contributed by atoms with Crippen LogP contribution in [0.25, 0.3) is 5.76 Å². The van der Waals surface area contributed by atoms with E-state index in [2.05, 4.69) is 0 Å². The van der Waals surface area contributed by atoms with Gasteiger partial charge in [-0.1, -0.05) is 0 Å². The van der Waals surface area contributed by atoms with Crippen LogP contribution in [0.15, 0.2) is 36.1 Å². The number of ether oxygens (including phenoxy) is 3. The molecule has 0 aliphatic carbocycles. The summed E-state index contributed by atoms with van der Waals surface area (Å²) >= 11 is 0. The standard InChI is InChI=1S/C21H22O10/c1-8-17(26)18(27)19(28)21(29-8)31-16-7-11-13(24)5-10(22)6-15(11)30-20(16)9-2-3-12(23)14(25)4-9/h2-6,8,17-19,21-28H,7H2,1H3. The second kappa shape index (κ2) is 7.82. The molecule has 4 rings (SSSR count). The zero-order valence-electron chi connectivity index (χ0n) is 16.3. The van der Waals surface area contributed by atoms with E-state index in [1.165, 1.54) is 31.2 Å². The highest BCUT2D eigenvalue weighted by atomic mass is 16.7. The second-order valence-electron chi connectivity index (χ2n) is 7.48. The maximum Gasteiger partial charge on any atom is 0.228 e. The fourth-order valence-electron chi connectivity index (χ4n) is 3.52. The first kappa shape index (κ1) is 21.1. The Labute approximate surface area is 176 Å². The predicted octanol–water partition coefficient (Wildman–Crippen LogP) is 0.657. The van der Waals surface area contributed by atoms with Crippen molar-refractivity contribution < 1.29 is 50.0 Å². The van der Waals surface area contributed by atoms with Gasteiger partial charge in [-0.25, -0.2) is 0 Å². The third-order valence-corrected chi connectivity index (χ3v) is 5.28. The second-order valence-corrected chi connectivity index (χ2v) is 7.48. The Morgan fingerprint density at radius 2 is 1.61 bits per heavy atom. The van der Waals surface area contributed by atoms with Crippen molar-refractivity contribution in [1.29, 1.82) is 0 Å². The van der Waals surface area contributed by atoms with Crippen molar-refractivity contribution in [2.24, 2.45) is 0 Å². The molecule has 2 aromatic carbocycles. The number of aliphatic hydroxyl groups excluding tert-OH is 3. The van der Waals surface area contributed by atoms with Crippen LogP contribution in [0.5, 0.6) is 28.7 Å². The van der Waals surface area contributed by atoms with E-state index in [4.69, 9.17) is 14.2 Å². The van der Waals surface area contributed by atoms with Crippen molar-refractivity contribution in [1.82, 2.24) is 0 Å². The molecule has 0 radical (unpaired) electrons. The molecule has 2 aromatic rings. The van der Waals surface area contributed by atoms with Gasteiger partial charge in [-0.15, -0.1) is 0 Å². The molecular formula is C21H22O10. The number of hydrogen-bond donors (Lipinski definition) is 7. The smallest absolute Gasteiger partial charge is 0.228 e. The van der Waals surface area contributed by atoms with Crippen LogP contribution in [0.2, 0.25) is 0 Å². The number of benzene rings is 2. The lowest BCUT2D eigenvalue weighted by Gasteiger charge is -2.39. The molecular weight excluding hydrogens is 412 g/mol. The average Bonchev–Trinajstić information content (AvgIpc) is 2.72. The molecule has 0 aromatic heterocycles. The van der Waals surface area contributed by atoms with Gasteiger partial charge in [0, 0.05) is 29.7 Å². The van der Waals surface area contributed by atoms with Crippen molar-refractivity contribution in [3.63, 3.8) is 0 Å². The van der Waals surface area contributed by atoms with Crippen molar-refractivity contribution in [2.45, 2.75) is 44.1 Å². The Kier molecular flexibility index (Phi) is 5.31. The molecule has 5 atom stereocenters. The molecule has 2 heterocycles. The first-order valence-corrected chi connectivity index (χ1v) is 9.50. The fraction of sp³-hybridized carbons (Fsp3) is 0.333. The van der Waals surface area contributed by atoms with E-state index in [1.54, 1.807) is 0 Å². The van der Waals surface area contributed by atoms with Gasteiger partial charge < -0.3 is 50.0 Å². The van der Waals surface area contributed by atoms with Gasteiger partial charge in [-0.3, -0.25) is 0 Å². The predicted molar refractivity (Wildman–Crippen MR) is 104 cm³/mol. The van der Waals surface area contributed by atoms with Crippen LogP contribution in [-0.4, -0.2) is 66.5 Å². The average molecular weight is 434 g/mol. The van der Waals surface area contributed by atoms with E-state index in [0.29, 0.717) is 5.56 Å². The summed E-state index contributed by atoms with van der Waals surface area (Å²) in [5.41, 5.74) is 0.580. The van der Waals surface area contributed by atoms with E-state index in [9.17, 15) is 35.7 Å². The van der Waals surface area contributed by atoms with Gasteiger partial charge >= 0.3 is 0 Å². The van der Waals surface area contributed by atoms with Gasteiger partial charge in [0.1, 0.15) is 41.3 Å².